The SMILES string of the molecule is CCOc1nc(Cl)nc(N(C)Cc2ccccc2C)n1. The lowest BCUT2D eigenvalue weighted by atomic mass is 10.1. The Kier molecular flexibility index (Phi) is 4.74. The van der Waals surface area contributed by atoms with E-state index in [1.54, 1.807) is 0 Å². The number of aryl methyl sites for hydroxylation is 1. The summed E-state index contributed by atoms with van der Waals surface area (Å²) in [6.45, 7) is 5.13. The van der Waals surface area contributed by atoms with Gasteiger partial charge in [0.25, 0.3) is 0 Å². The maximum Gasteiger partial charge on any atom is 0.322 e. The van der Waals surface area contributed by atoms with Crippen LogP contribution in [0.1, 0.15) is 18.1 Å². The molecule has 0 unspecified atom stereocenters. The van der Waals surface area contributed by atoms with Crippen molar-refractivity contribution in [1.82, 2.24) is 15.0 Å². The van der Waals surface area contributed by atoms with Gasteiger partial charge in [0, 0.05) is 13.6 Å². The standard InChI is InChI=1S/C14H17ClN4O/c1-4-20-14-17-12(15)16-13(18-14)19(3)9-11-8-6-5-7-10(11)2/h5-8H,4,9H2,1-3H3. The summed E-state index contributed by atoms with van der Waals surface area (Å²) in [4.78, 5) is 14.2. The molecule has 0 aliphatic rings. The van der Waals surface area contributed by atoms with Gasteiger partial charge in [0.05, 0.1) is 6.61 Å². The van der Waals surface area contributed by atoms with Crippen LogP contribution in [0.2, 0.25) is 5.28 Å². The Balaban J connectivity index is 2.20. The van der Waals surface area contributed by atoms with Crippen LogP contribution in [0.3, 0.4) is 0 Å². The third-order valence-corrected chi connectivity index (χ3v) is 3.03. The largest absolute Gasteiger partial charge is 0.464 e. The van der Waals surface area contributed by atoms with E-state index in [-0.39, 0.29) is 11.3 Å². The molecule has 0 aliphatic carbocycles. The van der Waals surface area contributed by atoms with Gasteiger partial charge < -0.3 is 9.64 Å². The summed E-state index contributed by atoms with van der Waals surface area (Å²) in [5.41, 5.74) is 2.44. The molecule has 0 spiro atoms. The van der Waals surface area contributed by atoms with Crippen molar-refractivity contribution in [3.05, 3.63) is 40.7 Å². The first kappa shape index (κ1) is 14.5. The summed E-state index contributed by atoms with van der Waals surface area (Å²) >= 11 is 5.90. The number of rotatable bonds is 5. The second kappa shape index (κ2) is 6.52. The highest BCUT2D eigenvalue weighted by molar-refractivity contribution is 6.28. The molecule has 0 saturated carbocycles. The number of hydrogen-bond donors (Lipinski definition) is 0. The summed E-state index contributed by atoms with van der Waals surface area (Å²) in [5.74, 6) is 0.497. The van der Waals surface area contributed by atoms with Crippen LogP contribution in [0.5, 0.6) is 6.01 Å². The van der Waals surface area contributed by atoms with E-state index in [0.717, 1.165) is 0 Å². The fourth-order valence-electron chi connectivity index (χ4n) is 1.80. The van der Waals surface area contributed by atoms with Gasteiger partial charge in [0.2, 0.25) is 11.2 Å². The normalized spacial score (nSPS) is 10.4. The van der Waals surface area contributed by atoms with E-state index in [0.29, 0.717) is 19.1 Å². The maximum atomic E-state index is 5.90. The zero-order chi connectivity index (χ0) is 14.5. The zero-order valence-electron chi connectivity index (χ0n) is 11.8. The monoisotopic (exact) mass is 292 g/mol. The van der Waals surface area contributed by atoms with Crippen molar-refractivity contribution in [2.24, 2.45) is 0 Å². The van der Waals surface area contributed by atoms with Gasteiger partial charge in [0.15, 0.2) is 0 Å². The first-order chi connectivity index (χ1) is 9.60. The molecule has 0 bridgehead atoms. The first-order valence-electron chi connectivity index (χ1n) is 6.40. The highest BCUT2D eigenvalue weighted by atomic mass is 35.5. The Morgan fingerprint density at radius 2 is 1.95 bits per heavy atom. The molecule has 5 nitrogen and oxygen atoms in total. The molecule has 0 radical (unpaired) electrons. The Bertz CT molecular complexity index is 591. The second-order valence-electron chi connectivity index (χ2n) is 4.40. The first-order valence-corrected chi connectivity index (χ1v) is 6.78. The fraction of sp³-hybridized carbons (Fsp3) is 0.357. The summed E-state index contributed by atoms with van der Waals surface area (Å²) in [6.07, 6.45) is 0. The van der Waals surface area contributed by atoms with Crippen molar-refractivity contribution in [3.8, 4) is 6.01 Å². The van der Waals surface area contributed by atoms with Gasteiger partial charge in [-0.05, 0) is 36.6 Å². The predicted molar refractivity (Wildman–Crippen MR) is 79.3 cm³/mol. The lowest BCUT2D eigenvalue weighted by Gasteiger charge is -2.18. The Morgan fingerprint density at radius 1 is 1.20 bits per heavy atom. The number of hydrogen-bond acceptors (Lipinski definition) is 5. The Morgan fingerprint density at radius 3 is 2.65 bits per heavy atom. The molecule has 1 aromatic heterocycles. The average molecular weight is 293 g/mol. The highest BCUT2D eigenvalue weighted by Gasteiger charge is 2.11. The average Bonchev–Trinajstić information content (AvgIpc) is 2.41. The molecule has 0 fully saturated rings. The van der Waals surface area contributed by atoms with Crippen LogP contribution >= 0.6 is 11.6 Å². The number of nitrogens with zero attached hydrogens (tertiary/aromatic N) is 4. The molecule has 106 valence electrons. The van der Waals surface area contributed by atoms with E-state index in [9.17, 15) is 0 Å². The maximum absolute atomic E-state index is 5.90. The van der Waals surface area contributed by atoms with Crippen LogP contribution in [0, 0.1) is 6.92 Å². The highest BCUT2D eigenvalue weighted by Crippen LogP contribution is 2.17. The summed E-state index contributed by atoms with van der Waals surface area (Å²) in [5, 5.41) is 0.134. The van der Waals surface area contributed by atoms with E-state index < -0.39 is 0 Å². The molecule has 0 aliphatic heterocycles. The lowest BCUT2D eigenvalue weighted by Crippen LogP contribution is -2.20. The zero-order valence-corrected chi connectivity index (χ0v) is 12.6. The Labute approximate surface area is 123 Å². The number of halogens is 1. The molecular formula is C14H17ClN4O. The predicted octanol–water partition coefficient (Wildman–Crippen LogP) is 2.87. The molecule has 6 heteroatoms. The molecule has 0 atom stereocenters. The molecule has 2 aromatic rings. The van der Waals surface area contributed by atoms with E-state index >= 15 is 0 Å². The molecule has 1 heterocycles. The third kappa shape index (κ3) is 3.57. The Hall–Kier alpha value is -1.88. The minimum atomic E-state index is 0.134. The van der Waals surface area contributed by atoms with Crippen molar-refractivity contribution in [2.75, 3.05) is 18.6 Å². The molecule has 20 heavy (non-hydrogen) atoms. The minimum Gasteiger partial charge on any atom is -0.464 e. The third-order valence-electron chi connectivity index (χ3n) is 2.86. The molecule has 1 aromatic carbocycles. The molecule has 0 amide bonds. The van der Waals surface area contributed by atoms with Crippen molar-refractivity contribution >= 4 is 17.5 Å². The van der Waals surface area contributed by atoms with Crippen LogP contribution in [0.15, 0.2) is 24.3 Å². The number of aromatic nitrogens is 3. The van der Waals surface area contributed by atoms with E-state index in [2.05, 4.69) is 34.0 Å². The lowest BCUT2D eigenvalue weighted by molar-refractivity contribution is 0.311. The van der Waals surface area contributed by atoms with Gasteiger partial charge in [0.1, 0.15) is 0 Å². The van der Waals surface area contributed by atoms with Gasteiger partial charge >= 0.3 is 6.01 Å². The van der Waals surface area contributed by atoms with E-state index in [1.807, 2.05) is 31.0 Å². The summed E-state index contributed by atoms with van der Waals surface area (Å²) in [7, 11) is 1.91. The van der Waals surface area contributed by atoms with Crippen LogP contribution in [-0.2, 0) is 6.54 Å². The summed E-state index contributed by atoms with van der Waals surface area (Å²) < 4.78 is 5.28. The fourth-order valence-corrected chi connectivity index (χ4v) is 1.95. The van der Waals surface area contributed by atoms with Gasteiger partial charge in [-0.25, -0.2) is 0 Å². The van der Waals surface area contributed by atoms with E-state index in [1.165, 1.54) is 11.1 Å². The van der Waals surface area contributed by atoms with Gasteiger partial charge in [-0.15, -0.1) is 0 Å². The topological polar surface area (TPSA) is 51.1 Å². The van der Waals surface area contributed by atoms with Crippen molar-refractivity contribution in [2.45, 2.75) is 20.4 Å². The number of anilines is 1. The summed E-state index contributed by atoms with van der Waals surface area (Å²) in [6, 6.07) is 8.44. The van der Waals surface area contributed by atoms with Crippen LogP contribution < -0.4 is 9.64 Å². The molecule has 2 rings (SSSR count). The van der Waals surface area contributed by atoms with Gasteiger partial charge in [-0.2, -0.15) is 15.0 Å². The smallest absolute Gasteiger partial charge is 0.322 e. The van der Waals surface area contributed by atoms with Crippen LogP contribution in [0.4, 0.5) is 5.95 Å². The van der Waals surface area contributed by atoms with Crippen LogP contribution in [-0.4, -0.2) is 28.6 Å². The number of benzene rings is 1. The second-order valence-corrected chi connectivity index (χ2v) is 4.74. The van der Waals surface area contributed by atoms with Crippen LogP contribution in [0.25, 0.3) is 0 Å². The van der Waals surface area contributed by atoms with E-state index in [4.69, 9.17) is 16.3 Å². The minimum absolute atomic E-state index is 0.134. The van der Waals surface area contributed by atoms with Gasteiger partial charge in [-0.3, -0.25) is 0 Å². The van der Waals surface area contributed by atoms with Gasteiger partial charge in [-0.1, -0.05) is 24.3 Å². The molecular weight excluding hydrogens is 276 g/mol. The van der Waals surface area contributed by atoms with Crippen molar-refractivity contribution < 1.29 is 4.74 Å². The molecule has 0 saturated heterocycles. The molecule has 0 N–H and O–H groups in total. The van der Waals surface area contributed by atoms with Crippen molar-refractivity contribution in [1.29, 1.82) is 0 Å². The quantitative estimate of drug-likeness (QED) is 0.848. The van der Waals surface area contributed by atoms with Crippen molar-refractivity contribution in [3.63, 3.8) is 0 Å². The number of ether oxygens (including phenoxy) is 1.